The number of esters is 1. The molecule has 0 aliphatic carbocycles. The number of piperidine rings is 1. The van der Waals surface area contributed by atoms with E-state index in [1.807, 2.05) is 31.2 Å². The summed E-state index contributed by atoms with van der Waals surface area (Å²) in [4.78, 5) is 45.9. The lowest BCUT2D eigenvalue weighted by Gasteiger charge is -2.42. The number of unbranched alkanes of at least 4 members (excludes halogenated alkanes) is 1. The zero-order chi connectivity index (χ0) is 23.9. The Balaban J connectivity index is 1.20. The van der Waals surface area contributed by atoms with Gasteiger partial charge in [0.25, 0.3) is 0 Å². The molecule has 0 radical (unpaired) electrons. The number of para-hydroxylation sites is 1. The van der Waals surface area contributed by atoms with Gasteiger partial charge in [0.1, 0.15) is 6.04 Å². The van der Waals surface area contributed by atoms with Crippen molar-refractivity contribution in [3.05, 3.63) is 29.8 Å². The van der Waals surface area contributed by atoms with Crippen LogP contribution < -0.4 is 4.90 Å². The SMILES string of the molecule is CCCOC(=O)c1ccccc1N1CCN(CCCCN2CC(=O)N3CCCCC3C2=O)CC1. The van der Waals surface area contributed by atoms with Crippen molar-refractivity contribution in [1.82, 2.24) is 14.7 Å². The van der Waals surface area contributed by atoms with E-state index < -0.39 is 0 Å². The first-order valence-corrected chi connectivity index (χ1v) is 12.9. The molecule has 4 rings (SSSR count). The molecule has 0 saturated carbocycles. The van der Waals surface area contributed by atoms with Gasteiger partial charge in [-0.25, -0.2) is 4.79 Å². The fourth-order valence-electron chi connectivity index (χ4n) is 5.26. The minimum Gasteiger partial charge on any atom is -0.462 e. The smallest absolute Gasteiger partial charge is 0.340 e. The summed E-state index contributed by atoms with van der Waals surface area (Å²) in [5.41, 5.74) is 1.59. The fourth-order valence-corrected chi connectivity index (χ4v) is 5.26. The summed E-state index contributed by atoms with van der Waals surface area (Å²) in [7, 11) is 0. The number of anilines is 1. The Morgan fingerprint density at radius 1 is 1.00 bits per heavy atom. The third kappa shape index (κ3) is 5.71. The van der Waals surface area contributed by atoms with Crippen molar-refractivity contribution in [3.8, 4) is 0 Å². The summed E-state index contributed by atoms with van der Waals surface area (Å²) in [6.07, 6.45) is 5.59. The molecule has 3 aliphatic rings. The van der Waals surface area contributed by atoms with Crippen LogP contribution in [0.15, 0.2) is 24.3 Å². The van der Waals surface area contributed by atoms with E-state index in [4.69, 9.17) is 4.74 Å². The lowest BCUT2D eigenvalue weighted by molar-refractivity contribution is -0.157. The van der Waals surface area contributed by atoms with E-state index >= 15 is 0 Å². The number of benzene rings is 1. The molecule has 3 fully saturated rings. The summed E-state index contributed by atoms with van der Waals surface area (Å²) in [5.74, 6) is 0.00490. The number of carbonyl (C=O) groups excluding carboxylic acids is 3. The monoisotopic (exact) mass is 470 g/mol. The number of carbonyl (C=O) groups is 3. The van der Waals surface area contributed by atoms with Crippen molar-refractivity contribution in [2.45, 2.75) is 51.5 Å². The maximum absolute atomic E-state index is 12.8. The molecule has 8 nitrogen and oxygen atoms in total. The van der Waals surface area contributed by atoms with Crippen LogP contribution in [0.4, 0.5) is 5.69 Å². The molecule has 3 saturated heterocycles. The molecular formula is C26H38N4O4. The summed E-state index contributed by atoms with van der Waals surface area (Å²) in [6, 6.07) is 7.48. The zero-order valence-corrected chi connectivity index (χ0v) is 20.4. The molecule has 1 aromatic carbocycles. The van der Waals surface area contributed by atoms with Gasteiger partial charge in [-0.3, -0.25) is 14.5 Å². The van der Waals surface area contributed by atoms with Gasteiger partial charge in [0.05, 0.1) is 24.4 Å². The highest BCUT2D eigenvalue weighted by Gasteiger charge is 2.39. The second-order valence-electron chi connectivity index (χ2n) is 9.55. The zero-order valence-electron chi connectivity index (χ0n) is 20.4. The molecule has 34 heavy (non-hydrogen) atoms. The number of amides is 2. The van der Waals surface area contributed by atoms with Gasteiger partial charge in [0, 0.05) is 39.3 Å². The topological polar surface area (TPSA) is 73.4 Å². The number of hydrogen-bond donors (Lipinski definition) is 0. The molecule has 0 N–H and O–H groups in total. The van der Waals surface area contributed by atoms with Gasteiger partial charge in [0.2, 0.25) is 11.8 Å². The van der Waals surface area contributed by atoms with Crippen LogP contribution in [-0.4, -0.2) is 97.5 Å². The second kappa shape index (κ2) is 11.7. The fraction of sp³-hybridized carbons (Fsp3) is 0.654. The van der Waals surface area contributed by atoms with Crippen molar-refractivity contribution in [3.63, 3.8) is 0 Å². The average Bonchev–Trinajstić information content (AvgIpc) is 2.88. The Kier molecular flexibility index (Phi) is 8.43. The van der Waals surface area contributed by atoms with Gasteiger partial charge in [-0.1, -0.05) is 19.1 Å². The largest absolute Gasteiger partial charge is 0.462 e. The lowest BCUT2D eigenvalue weighted by atomic mass is 9.98. The van der Waals surface area contributed by atoms with E-state index in [9.17, 15) is 14.4 Å². The molecule has 0 aromatic heterocycles. The molecule has 186 valence electrons. The van der Waals surface area contributed by atoms with Crippen LogP contribution >= 0.6 is 0 Å². The predicted octanol–water partition coefficient (Wildman–Crippen LogP) is 2.38. The van der Waals surface area contributed by atoms with Gasteiger partial charge < -0.3 is 19.4 Å². The van der Waals surface area contributed by atoms with Crippen LogP contribution in [0.5, 0.6) is 0 Å². The maximum Gasteiger partial charge on any atom is 0.340 e. The number of fused-ring (bicyclic) bond motifs is 1. The minimum absolute atomic E-state index is 0.110. The molecule has 0 spiro atoms. The van der Waals surface area contributed by atoms with E-state index in [1.165, 1.54) is 0 Å². The summed E-state index contributed by atoms with van der Waals surface area (Å²) < 4.78 is 5.36. The summed E-state index contributed by atoms with van der Waals surface area (Å²) >= 11 is 0. The molecule has 3 heterocycles. The number of piperazine rings is 2. The van der Waals surface area contributed by atoms with Crippen LogP contribution in [0.2, 0.25) is 0 Å². The van der Waals surface area contributed by atoms with E-state index in [1.54, 1.807) is 9.80 Å². The molecule has 3 aliphatic heterocycles. The summed E-state index contributed by atoms with van der Waals surface area (Å²) in [6.45, 7) is 8.69. The minimum atomic E-state index is -0.248. The quantitative estimate of drug-likeness (QED) is 0.408. The average molecular weight is 471 g/mol. The first-order chi connectivity index (χ1) is 16.6. The van der Waals surface area contributed by atoms with E-state index in [0.29, 0.717) is 18.7 Å². The molecule has 8 heteroatoms. The van der Waals surface area contributed by atoms with Crippen molar-refractivity contribution < 1.29 is 19.1 Å². The molecule has 1 unspecified atom stereocenters. The third-order valence-corrected chi connectivity index (χ3v) is 7.17. The normalized spacial score (nSPS) is 21.6. The maximum atomic E-state index is 12.8. The highest BCUT2D eigenvalue weighted by molar-refractivity contribution is 5.96. The molecule has 0 bridgehead atoms. The molecule has 1 aromatic rings. The predicted molar refractivity (Wildman–Crippen MR) is 131 cm³/mol. The van der Waals surface area contributed by atoms with E-state index in [0.717, 1.165) is 83.5 Å². The third-order valence-electron chi connectivity index (χ3n) is 7.17. The van der Waals surface area contributed by atoms with Gasteiger partial charge >= 0.3 is 5.97 Å². The van der Waals surface area contributed by atoms with Crippen LogP contribution in [0.3, 0.4) is 0 Å². The Morgan fingerprint density at radius 3 is 2.56 bits per heavy atom. The van der Waals surface area contributed by atoms with E-state index in [-0.39, 0.29) is 30.4 Å². The van der Waals surface area contributed by atoms with Crippen molar-refractivity contribution in [2.24, 2.45) is 0 Å². The number of rotatable bonds is 9. The van der Waals surface area contributed by atoms with Crippen LogP contribution in [0.25, 0.3) is 0 Å². The standard InChI is InChI=1S/C26H38N4O4/c1-2-19-34-26(33)21-9-3-4-10-22(21)28-17-15-27(16-18-28)12-7-8-13-29-20-24(31)30-14-6-5-11-23(30)25(29)32/h3-4,9-10,23H,2,5-8,11-20H2,1H3. The van der Waals surface area contributed by atoms with Gasteiger partial charge in [-0.15, -0.1) is 0 Å². The number of nitrogens with zero attached hydrogens (tertiary/aromatic N) is 4. The van der Waals surface area contributed by atoms with Gasteiger partial charge in [-0.2, -0.15) is 0 Å². The highest BCUT2D eigenvalue weighted by atomic mass is 16.5. The second-order valence-corrected chi connectivity index (χ2v) is 9.55. The number of hydrogen-bond acceptors (Lipinski definition) is 6. The van der Waals surface area contributed by atoms with Gasteiger partial charge in [0.15, 0.2) is 0 Å². The van der Waals surface area contributed by atoms with Crippen molar-refractivity contribution in [1.29, 1.82) is 0 Å². The van der Waals surface area contributed by atoms with Crippen LogP contribution in [-0.2, 0) is 14.3 Å². The van der Waals surface area contributed by atoms with Gasteiger partial charge in [-0.05, 0) is 57.2 Å². The van der Waals surface area contributed by atoms with Crippen LogP contribution in [0.1, 0.15) is 55.8 Å². The Labute approximate surface area is 202 Å². The highest BCUT2D eigenvalue weighted by Crippen LogP contribution is 2.24. The van der Waals surface area contributed by atoms with E-state index in [2.05, 4.69) is 9.80 Å². The molecular weight excluding hydrogens is 432 g/mol. The Hall–Kier alpha value is -2.61. The molecule has 1 atom stereocenters. The van der Waals surface area contributed by atoms with Crippen molar-refractivity contribution >= 4 is 23.5 Å². The Bertz CT molecular complexity index is 868. The first kappa shape index (κ1) is 24.5. The number of ether oxygens (including phenoxy) is 1. The lowest BCUT2D eigenvalue weighted by Crippen LogP contribution is -2.61. The molecule has 2 amide bonds. The van der Waals surface area contributed by atoms with Crippen molar-refractivity contribution in [2.75, 3.05) is 63.9 Å². The first-order valence-electron chi connectivity index (χ1n) is 12.9. The van der Waals surface area contributed by atoms with Crippen LogP contribution in [0, 0.1) is 0 Å². The summed E-state index contributed by atoms with van der Waals surface area (Å²) in [5, 5.41) is 0. The Morgan fingerprint density at radius 2 is 1.76 bits per heavy atom.